The summed E-state index contributed by atoms with van der Waals surface area (Å²) in [4.78, 5) is 62.5. The van der Waals surface area contributed by atoms with Crippen molar-refractivity contribution >= 4 is 41.4 Å². The molecule has 0 aromatic heterocycles. The molecule has 1 rings (SSSR count). The third kappa shape index (κ3) is 9.58. The van der Waals surface area contributed by atoms with Crippen molar-refractivity contribution < 1.29 is 29.1 Å². The maximum atomic E-state index is 13.3. The Labute approximate surface area is 198 Å². The first-order valence-corrected chi connectivity index (χ1v) is 12.5. The van der Waals surface area contributed by atoms with Crippen molar-refractivity contribution in [1.82, 2.24) is 15.5 Å². The summed E-state index contributed by atoms with van der Waals surface area (Å²) in [5, 5.41) is 14.6. The van der Waals surface area contributed by atoms with E-state index in [1.54, 1.807) is 0 Å². The predicted octanol–water partition coefficient (Wildman–Crippen LogP) is -0.576. The summed E-state index contributed by atoms with van der Waals surface area (Å²) < 4.78 is 0. The third-order valence-corrected chi connectivity index (χ3v) is 6.07. The van der Waals surface area contributed by atoms with Crippen molar-refractivity contribution in [3.8, 4) is 0 Å². The predicted molar refractivity (Wildman–Crippen MR) is 125 cm³/mol. The van der Waals surface area contributed by atoms with Crippen LogP contribution in [0.3, 0.4) is 0 Å². The van der Waals surface area contributed by atoms with Crippen LogP contribution in [0.1, 0.15) is 52.4 Å². The molecule has 1 heterocycles. The lowest BCUT2D eigenvalue weighted by atomic mass is 10.0. The molecule has 0 aromatic carbocycles. The largest absolute Gasteiger partial charge is 0.480 e. The van der Waals surface area contributed by atoms with E-state index in [1.165, 1.54) is 16.7 Å². The highest BCUT2D eigenvalue weighted by molar-refractivity contribution is 7.98. The maximum absolute atomic E-state index is 13.3. The lowest BCUT2D eigenvalue weighted by molar-refractivity contribution is -0.145. The van der Waals surface area contributed by atoms with Gasteiger partial charge >= 0.3 is 5.97 Å². The van der Waals surface area contributed by atoms with Gasteiger partial charge in [0.1, 0.15) is 18.1 Å². The smallest absolute Gasteiger partial charge is 0.326 e. The van der Waals surface area contributed by atoms with E-state index >= 15 is 0 Å². The molecule has 11 nitrogen and oxygen atoms in total. The number of nitrogens with zero attached hydrogens (tertiary/aromatic N) is 1. The number of nitrogens with two attached hydrogens (primary N) is 2. The Balaban J connectivity index is 2.90. The van der Waals surface area contributed by atoms with Gasteiger partial charge in [0.25, 0.3) is 0 Å². The monoisotopic (exact) mass is 487 g/mol. The van der Waals surface area contributed by atoms with E-state index < -0.39 is 53.8 Å². The summed E-state index contributed by atoms with van der Waals surface area (Å²) in [6.45, 7) is 4.13. The van der Waals surface area contributed by atoms with Crippen molar-refractivity contribution in [3.63, 3.8) is 0 Å². The van der Waals surface area contributed by atoms with Gasteiger partial charge in [0.15, 0.2) is 0 Å². The molecule has 4 unspecified atom stereocenters. The van der Waals surface area contributed by atoms with Gasteiger partial charge in [-0.15, -0.1) is 0 Å². The van der Waals surface area contributed by atoms with Gasteiger partial charge in [-0.25, -0.2) is 4.79 Å². The van der Waals surface area contributed by atoms with Crippen LogP contribution in [0, 0.1) is 5.92 Å². The van der Waals surface area contributed by atoms with E-state index in [2.05, 4.69) is 10.6 Å². The molecule has 0 aromatic rings. The second-order valence-corrected chi connectivity index (χ2v) is 9.66. The number of nitrogens with one attached hydrogen (secondary N) is 2. The summed E-state index contributed by atoms with van der Waals surface area (Å²) in [6, 6.07) is -3.72. The number of amides is 4. The number of hydrogen-bond donors (Lipinski definition) is 5. The summed E-state index contributed by atoms with van der Waals surface area (Å²) in [7, 11) is 0. The molecule has 1 aliphatic heterocycles. The first kappa shape index (κ1) is 28.7. The molecule has 1 saturated heterocycles. The number of thioether (sulfide) groups is 1. The molecule has 4 amide bonds. The molecule has 33 heavy (non-hydrogen) atoms. The van der Waals surface area contributed by atoms with Gasteiger partial charge in [0.05, 0.1) is 6.04 Å². The van der Waals surface area contributed by atoms with Crippen LogP contribution in [0.5, 0.6) is 0 Å². The molecule has 188 valence electrons. The summed E-state index contributed by atoms with van der Waals surface area (Å²) in [6.07, 6.45) is 3.47. The van der Waals surface area contributed by atoms with Crippen molar-refractivity contribution in [2.45, 2.75) is 76.5 Å². The van der Waals surface area contributed by atoms with Crippen LogP contribution in [0.25, 0.3) is 0 Å². The van der Waals surface area contributed by atoms with E-state index in [0.717, 1.165) is 0 Å². The highest BCUT2D eigenvalue weighted by Crippen LogP contribution is 2.21. The van der Waals surface area contributed by atoms with E-state index in [4.69, 9.17) is 11.5 Å². The number of carbonyl (C=O) groups is 5. The molecule has 0 saturated carbocycles. The van der Waals surface area contributed by atoms with Crippen LogP contribution in [-0.4, -0.2) is 82.3 Å². The van der Waals surface area contributed by atoms with Crippen LogP contribution >= 0.6 is 11.8 Å². The fourth-order valence-electron chi connectivity index (χ4n) is 3.66. The van der Waals surface area contributed by atoms with Gasteiger partial charge < -0.3 is 32.1 Å². The molecule has 0 bridgehead atoms. The Kier molecular flexibility index (Phi) is 12.2. The maximum Gasteiger partial charge on any atom is 0.326 e. The number of aliphatic carboxylic acids is 1. The zero-order chi connectivity index (χ0) is 25.1. The summed E-state index contributed by atoms with van der Waals surface area (Å²) in [5.74, 6) is -2.55. The van der Waals surface area contributed by atoms with E-state index in [9.17, 15) is 29.1 Å². The normalized spacial score (nSPS) is 18.5. The van der Waals surface area contributed by atoms with Crippen molar-refractivity contribution in [2.24, 2.45) is 17.4 Å². The first-order valence-electron chi connectivity index (χ1n) is 11.1. The fraction of sp³-hybridized carbons (Fsp3) is 0.762. The van der Waals surface area contributed by atoms with Crippen LogP contribution in [0.2, 0.25) is 0 Å². The fourth-order valence-corrected chi connectivity index (χ4v) is 4.14. The van der Waals surface area contributed by atoms with Crippen LogP contribution in [-0.2, 0) is 24.0 Å². The van der Waals surface area contributed by atoms with Gasteiger partial charge in [-0.2, -0.15) is 11.8 Å². The van der Waals surface area contributed by atoms with Crippen LogP contribution < -0.4 is 22.1 Å². The average molecular weight is 488 g/mol. The second kappa shape index (κ2) is 14.0. The summed E-state index contributed by atoms with van der Waals surface area (Å²) in [5.41, 5.74) is 10.9. The second-order valence-electron chi connectivity index (χ2n) is 8.67. The minimum absolute atomic E-state index is 0.0486. The number of likely N-dealkylation sites (tertiary alicyclic amines) is 1. The zero-order valence-electron chi connectivity index (χ0n) is 19.5. The Hall–Kier alpha value is -2.34. The van der Waals surface area contributed by atoms with E-state index in [-0.39, 0.29) is 25.2 Å². The van der Waals surface area contributed by atoms with Crippen molar-refractivity contribution in [1.29, 1.82) is 0 Å². The summed E-state index contributed by atoms with van der Waals surface area (Å²) >= 11 is 1.48. The zero-order valence-corrected chi connectivity index (χ0v) is 20.4. The Bertz CT molecular complexity index is 719. The standard InChI is InChI=1S/C21H37N5O6S/c1-12(2)11-15(25-18(28)13(22)6-7-17(23)27)20(30)26-9-4-5-16(26)19(29)24-14(21(31)32)8-10-33-3/h12-16H,4-11,22H2,1-3H3,(H2,23,27)(H,24,29)(H,25,28)(H,31,32). The lowest BCUT2D eigenvalue weighted by Crippen LogP contribution is -2.57. The van der Waals surface area contributed by atoms with Crippen LogP contribution in [0.15, 0.2) is 0 Å². The minimum atomic E-state index is -1.12. The first-order chi connectivity index (χ1) is 15.5. The third-order valence-electron chi connectivity index (χ3n) is 5.42. The van der Waals surface area contributed by atoms with Gasteiger partial charge in [0, 0.05) is 13.0 Å². The highest BCUT2D eigenvalue weighted by atomic mass is 32.2. The number of primary amides is 1. The van der Waals surface area contributed by atoms with Crippen LogP contribution in [0.4, 0.5) is 0 Å². The Morgan fingerprint density at radius 2 is 1.79 bits per heavy atom. The Morgan fingerprint density at radius 1 is 1.12 bits per heavy atom. The lowest BCUT2D eigenvalue weighted by Gasteiger charge is -2.30. The topological polar surface area (TPSA) is 185 Å². The minimum Gasteiger partial charge on any atom is -0.480 e. The number of carboxylic acids is 1. The van der Waals surface area contributed by atoms with Gasteiger partial charge in [-0.3, -0.25) is 19.2 Å². The van der Waals surface area contributed by atoms with Gasteiger partial charge in [-0.1, -0.05) is 13.8 Å². The Morgan fingerprint density at radius 3 is 2.33 bits per heavy atom. The molecular formula is C21H37N5O6S. The molecule has 7 N–H and O–H groups in total. The van der Waals surface area contributed by atoms with E-state index in [1.807, 2.05) is 20.1 Å². The molecule has 0 spiro atoms. The molecule has 4 atom stereocenters. The number of rotatable bonds is 14. The van der Waals surface area contributed by atoms with E-state index in [0.29, 0.717) is 31.6 Å². The molecule has 1 aliphatic rings. The molecule has 12 heteroatoms. The van der Waals surface area contributed by atoms with Gasteiger partial charge in [0.2, 0.25) is 23.6 Å². The number of carboxylic acid groups (broad SMARTS) is 1. The van der Waals surface area contributed by atoms with Crippen molar-refractivity contribution in [2.75, 3.05) is 18.6 Å². The van der Waals surface area contributed by atoms with Gasteiger partial charge in [-0.05, 0) is 50.0 Å². The van der Waals surface area contributed by atoms with Crippen molar-refractivity contribution in [3.05, 3.63) is 0 Å². The average Bonchev–Trinajstić information content (AvgIpc) is 3.23. The quantitative estimate of drug-likeness (QED) is 0.215. The number of carbonyl (C=O) groups excluding carboxylic acids is 4. The SMILES string of the molecule is CSCCC(NC(=O)C1CCCN1C(=O)C(CC(C)C)NC(=O)C(N)CCC(N)=O)C(=O)O. The molecule has 0 aliphatic carbocycles. The number of hydrogen-bond acceptors (Lipinski definition) is 7. The molecule has 0 radical (unpaired) electrons. The molecular weight excluding hydrogens is 450 g/mol. The molecule has 1 fully saturated rings. The highest BCUT2D eigenvalue weighted by Gasteiger charge is 2.39.